The molecular formula is C11H12FN3O2S. The summed E-state index contributed by atoms with van der Waals surface area (Å²) in [5.41, 5.74) is 0.458. The second-order valence-corrected chi connectivity index (χ2v) is 5.50. The molecule has 0 radical (unpaired) electrons. The van der Waals surface area contributed by atoms with Crippen molar-refractivity contribution < 1.29 is 12.8 Å². The summed E-state index contributed by atoms with van der Waals surface area (Å²) in [7, 11) is -3.77. The maximum Gasteiger partial charge on any atom is 0.278 e. The summed E-state index contributed by atoms with van der Waals surface area (Å²) in [6, 6.07) is 4.21. The number of aryl methyl sites for hydroxylation is 1. The molecule has 96 valence electrons. The zero-order chi connectivity index (χ0) is 13.3. The molecule has 0 saturated carbocycles. The zero-order valence-electron chi connectivity index (χ0n) is 9.86. The lowest BCUT2D eigenvalue weighted by atomic mass is 10.2. The smallest absolute Gasteiger partial charge is 0.278 e. The van der Waals surface area contributed by atoms with Gasteiger partial charge in [0.1, 0.15) is 11.6 Å². The third-order valence-corrected chi connectivity index (χ3v) is 3.76. The number of imidazole rings is 1. The van der Waals surface area contributed by atoms with Gasteiger partial charge in [0.25, 0.3) is 10.0 Å². The first-order valence-electron chi connectivity index (χ1n) is 5.20. The number of rotatable bonds is 3. The van der Waals surface area contributed by atoms with Gasteiger partial charge in [0, 0.05) is 5.56 Å². The van der Waals surface area contributed by atoms with Gasteiger partial charge in [0.05, 0.1) is 11.9 Å². The molecule has 7 heteroatoms. The molecule has 0 fully saturated rings. The number of H-pyrrole nitrogens is 1. The Morgan fingerprint density at radius 3 is 2.67 bits per heavy atom. The topological polar surface area (TPSA) is 74.8 Å². The molecule has 2 aromatic rings. The highest BCUT2D eigenvalue weighted by molar-refractivity contribution is 7.92. The molecular weight excluding hydrogens is 257 g/mol. The Morgan fingerprint density at radius 2 is 2.06 bits per heavy atom. The second kappa shape index (κ2) is 4.41. The van der Waals surface area contributed by atoms with Gasteiger partial charge in [-0.15, -0.1) is 0 Å². The Bertz CT molecular complexity index is 679. The van der Waals surface area contributed by atoms with Crippen LogP contribution in [-0.2, 0) is 10.0 Å². The third-order valence-electron chi connectivity index (χ3n) is 2.48. The predicted octanol–water partition coefficient (Wildman–Crippen LogP) is 1.97. The molecule has 1 aromatic heterocycles. The van der Waals surface area contributed by atoms with E-state index in [2.05, 4.69) is 14.7 Å². The maximum absolute atomic E-state index is 13.3. The molecule has 5 nitrogen and oxygen atoms in total. The first kappa shape index (κ1) is 12.6. The monoisotopic (exact) mass is 269 g/mol. The molecule has 0 spiro atoms. The highest BCUT2D eigenvalue weighted by Gasteiger charge is 2.18. The SMILES string of the molecule is Cc1ncc(S(=O)(=O)Nc2cccc(F)c2C)[nH]1. The molecule has 1 heterocycles. The third kappa shape index (κ3) is 2.35. The van der Waals surface area contributed by atoms with Crippen molar-refractivity contribution in [2.75, 3.05) is 4.72 Å². The van der Waals surface area contributed by atoms with E-state index in [0.29, 0.717) is 5.82 Å². The molecule has 2 N–H and O–H groups in total. The summed E-state index contributed by atoms with van der Waals surface area (Å²) < 4.78 is 39.6. The van der Waals surface area contributed by atoms with Crippen LogP contribution in [0, 0.1) is 19.7 Å². The summed E-state index contributed by atoms with van der Waals surface area (Å²) in [5.74, 6) is 0.0299. The predicted molar refractivity (Wildman–Crippen MR) is 65.3 cm³/mol. The molecule has 0 aliphatic carbocycles. The number of aromatic amines is 1. The average molecular weight is 269 g/mol. The summed E-state index contributed by atoms with van der Waals surface area (Å²) >= 11 is 0. The van der Waals surface area contributed by atoms with Crippen molar-refractivity contribution in [3.63, 3.8) is 0 Å². The van der Waals surface area contributed by atoms with Crippen molar-refractivity contribution in [1.82, 2.24) is 9.97 Å². The summed E-state index contributed by atoms with van der Waals surface area (Å²) in [5, 5.41) is -0.0522. The number of hydrogen-bond acceptors (Lipinski definition) is 3. The van der Waals surface area contributed by atoms with Crippen LogP contribution in [0.5, 0.6) is 0 Å². The lowest BCUT2D eigenvalue weighted by Crippen LogP contribution is -2.14. The minimum Gasteiger partial charge on any atom is -0.332 e. The number of benzene rings is 1. The molecule has 1 aromatic carbocycles. The molecule has 0 unspecified atom stereocenters. The van der Waals surface area contributed by atoms with Gasteiger partial charge in [-0.05, 0) is 26.0 Å². The van der Waals surface area contributed by atoms with Crippen molar-refractivity contribution >= 4 is 15.7 Å². The standard InChI is InChI=1S/C11H12FN3O2S/c1-7-9(12)4-3-5-10(7)15-18(16,17)11-6-13-8(2)14-11/h3-6,15H,1-2H3,(H,13,14). The molecule has 0 amide bonds. The first-order valence-corrected chi connectivity index (χ1v) is 6.68. The van der Waals surface area contributed by atoms with Gasteiger partial charge < -0.3 is 4.98 Å². The Balaban J connectivity index is 2.37. The number of nitrogens with zero attached hydrogens (tertiary/aromatic N) is 1. The molecule has 18 heavy (non-hydrogen) atoms. The van der Waals surface area contributed by atoms with Crippen LogP contribution in [0.1, 0.15) is 11.4 Å². The van der Waals surface area contributed by atoms with Gasteiger partial charge in [0.2, 0.25) is 0 Å². The number of nitrogens with one attached hydrogen (secondary N) is 2. The van der Waals surface area contributed by atoms with Crippen LogP contribution in [0.4, 0.5) is 10.1 Å². The zero-order valence-corrected chi connectivity index (χ0v) is 10.7. The van der Waals surface area contributed by atoms with E-state index in [1.54, 1.807) is 6.92 Å². The molecule has 0 aliphatic rings. The van der Waals surface area contributed by atoms with Crippen molar-refractivity contribution in [2.45, 2.75) is 18.9 Å². The lowest BCUT2D eigenvalue weighted by molar-refractivity contribution is 0.597. The van der Waals surface area contributed by atoms with E-state index in [0.717, 1.165) is 0 Å². The van der Waals surface area contributed by atoms with Gasteiger partial charge in [-0.3, -0.25) is 4.72 Å². The molecule has 0 saturated heterocycles. The van der Waals surface area contributed by atoms with E-state index in [4.69, 9.17) is 0 Å². The fourth-order valence-corrected chi connectivity index (χ4v) is 2.55. The fraction of sp³-hybridized carbons (Fsp3) is 0.182. The van der Waals surface area contributed by atoms with E-state index in [1.165, 1.54) is 31.3 Å². The number of halogens is 1. The molecule has 0 atom stereocenters. The van der Waals surface area contributed by atoms with Crippen molar-refractivity contribution in [3.05, 3.63) is 41.6 Å². The van der Waals surface area contributed by atoms with Crippen molar-refractivity contribution in [2.24, 2.45) is 0 Å². The average Bonchev–Trinajstić information content (AvgIpc) is 2.72. The van der Waals surface area contributed by atoms with Crippen LogP contribution >= 0.6 is 0 Å². The molecule has 0 aliphatic heterocycles. The largest absolute Gasteiger partial charge is 0.332 e. The van der Waals surface area contributed by atoms with E-state index in [9.17, 15) is 12.8 Å². The van der Waals surface area contributed by atoms with Crippen LogP contribution in [0.25, 0.3) is 0 Å². The molecule has 0 bridgehead atoms. The van der Waals surface area contributed by atoms with Gasteiger partial charge in [-0.2, -0.15) is 8.42 Å². The van der Waals surface area contributed by atoms with Gasteiger partial charge in [-0.1, -0.05) is 6.07 Å². The maximum atomic E-state index is 13.3. The minimum absolute atomic E-state index is 0.0522. The fourth-order valence-electron chi connectivity index (χ4n) is 1.45. The first-order chi connectivity index (χ1) is 8.40. The Morgan fingerprint density at radius 1 is 1.33 bits per heavy atom. The van der Waals surface area contributed by atoms with Crippen LogP contribution in [0.15, 0.2) is 29.4 Å². The summed E-state index contributed by atoms with van der Waals surface area (Å²) in [6.07, 6.45) is 1.21. The van der Waals surface area contributed by atoms with Crippen LogP contribution in [0.2, 0.25) is 0 Å². The van der Waals surface area contributed by atoms with Crippen molar-refractivity contribution in [1.29, 1.82) is 0 Å². The van der Waals surface area contributed by atoms with E-state index < -0.39 is 15.8 Å². The van der Waals surface area contributed by atoms with E-state index in [-0.39, 0.29) is 16.3 Å². The van der Waals surface area contributed by atoms with E-state index >= 15 is 0 Å². The van der Waals surface area contributed by atoms with Gasteiger partial charge in [-0.25, -0.2) is 9.37 Å². The van der Waals surface area contributed by atoms with Crippen LogP contribution < -0.4 is 4.72 Å². The Hall–Kier alpha value is -1.89. The second-order valence-electron chi connectivity index (χ2n) is 3.85. The Kier molecular flexibility index (Phi) is 3.08. The highest BCUT2D eigenvalue weighted by atomic mass is 32.2. The highest BCUT2D eigenvalue weighted by Crippen LogP contribution is 2.20. The number of aromatic nitrogens is 2. The quantitative estimate of drug-likeness (QED) is 0.894. The van der Waals surface area contributed by atoms with Crippen LogP contribution in [0.3, 0.4) is 0 Å². The Labute approximate surface area is 104 Å². The van der Waals surface area contributed by atoms with Crippen LogP contribution in [-0.4, -0.2) is 18.4 Å². The number of anilines is 1. The number of hydrogen-bond donors (Lipinski definition) is 2. The lowest BCUT2D eigenvalue weighted by Gasteiger charge is -2.09. The summed E-state index contributed by atoms with van der Waals surface area (Å²) in [4.78, 5) is 6.43. The number of sulfonamides is 1. The molecule has 2 rings (SSSR count). The van der Waals surface area contributed by atoms with Gasteiger partial charge >= 0.3 is 0 Å². The summed E-state index contributed by atoms with van der Waals surface area (Å²) in [6.45, 7) is 3.15. The van der Waals surface area contributed by atoms with Gasteiger partial charge in [0.15, 0.2) is 5.03 Å². The normalized spacial score (nSPS) is 11.5. The minimum atomic E-state index is -3.77. The van der Waals surface area contributed by atoms with E-state index in [1.807, 2.05) is 0 Å². The van der Waals surface area contributed by atoms with Crippen molar-refractivity contribution in [3.8, 4) is 0 Å².